The molecular weight excluding hydrogens is 389 g/mol. The van der Waals surface area contributed by atoms with E-state index in [4.69, 9.17) is 11.6 Å². The molecular formula is C17H16ClF3N2O2S. The number of nitrogens with one attached hydrogen (secondary N) is 1. The van der Waals surface area contributed by atoms with Crippen LogP contribution >= 0.6 is 22.9 Å². The predicted octanol–water partition coefficient (Wildman–Crippen LogP) is 4.75. The molecule has 1 aromatic carbocycles. The molecule has 0 bridgehead atoms. The van der Waals surface area contributed by atoms with Gasteiger partial charge in [0.1, 0.15) is 0 Å². The second-order valence-corrected chi connectivity index (χ2v) is 7.60. The van der Waals surface area contributed by atoms with Crippen molar-refractivity contribution in [2.24, 2.45) is 0 Å². The van der Waals surface area contributed by atoms with Crippen molar-refractivity contribution in [3.05, 3.63) is 50.2 Å². The quantitative estimate of drug-likeness (QED) is 0.799. The highest BCUT2D eigenvalue weighted by Crippen LogP contribution is 2.36. The second kappa shape index (κ2) is 7.67. The van der Waals surface area contributed by atoms with Crippen molar-refractivity contribution >= 4 is 40.4 Å². The number of alkyl halides is 3. The third-order valence-corrected chi connectivity index (χ3v) is 4.85. The zero-order chi connectivity index (χ0) is 19.6. The first kappa shape index (κ1) is 20.3. The van der Waals surface area contributed by atoms with Crippen LogP contribution in [0.5, 0.6) is 0 Å². The summed E-state index contributed by atoms with van der Waals surface area (Å²) in [5.74, 6) is -0.935. The minimum Gasteiger partial charge on any atom is -0.332 e. The number of aryl methyl sites for hydroxylation is 2. The maximum Gasteiger partial charge on any atom is 0.417 e. The van der Waals surface area contributed by atoms with Crippen molar-refractivity contribution in [3.8, 4) is 0 Å². The number of likely N-dealkylation sites (N-methyl/N-ethyl adjacent to an activating group) is 1. The lowest BCUT2D eigenvalue weighted by atomic mass is 10.2. The summed E-state index contributed by atoms with van der Waals surface area (Å²) in [5.41, 5.74) is -0.574. The van der Waals surface area contributed by atoms with Gasteiger partial charge in [0, 0.05) is 22.5 Å². The van der Waals surface area contributed by atoms with Gasteiger partial charge in [0.2, 0.25) is 5.91 Å². The molecule has 140 valence electrons. The van der Waals surface area contributed by atoms with Crippen molar-refractivity contribution in [3.63, 3.8) is 0 Å². The van der Waals surface area contributed by atoms with E-state index in [1.807, 2.05) is 13.8 Å². The van der Waals surface area contributed by atoms with Crippen LogP contribution in [-0.4, -0.2) is 30.3 Å². The van der Waals surface area contributed by atoms with E-state index in [0.717, 1.165) is 21.9 Å². The standard InChI is InChI=1S/C17H16ClF3N2O2S/c1-9-6-12(10(2)26-9)16(25)23(3)8-15(24)22-11-4-5-14(18)13(7-11)17(19,20)21/h4-7H,8H2,1-3H3,(H,22,24). The molecule has 0 saturated carbocycles. The number of thiophene rings is 1. The molecule has 0 spiro atoms. The Labute approximate surface area is 157 Å². The number of anilines is 1. The molecule has 4 nitrogen and oxygen atoms in total. The molecule has 1 aromatic heterocycles. The topological polar surface area (TPSA) is 49.4 Å². The monoisotopic (exact) mass is 404 g/mol. The molecule has 1 heterocycles. The lowest BCUT2D eigenvalue weighted by Gasteiger charge is -2.17. The summed E-state index contributed by atoms with van der Waals surface area (Å²) in [6.07, 6.45) is -4.63. The van der Waals surface area contributed by atoms with E-state index >= 15 is 0 Å². The fourth-order valence-corrected chi connectivity index (χ4v) is 3.50. The molecule has 0 atom stereocenters. The predicted molar refractivity (Wildman–Crippen MR) is 95.8 cm³/mol. The summed E-state index contributed by atoms with van der Waals surface area (Å²) >= 11 is 7.02. The van der Waals surface area contributed by atoms with Crippen LogP contribution < -0.4 is 5.32 Å². The number of rotatable bonds is 4. The van der Waals surface area contributed by atoms with Crippen LogP contribution in [0.2, 0.25) is 5.02 Å². The van der Waals surface area contributed by atoms with Gasteiger partial charge in [-0.15, -0.1) is 11.3 Å². The van der Waals surface area contributed by atoms with Crippen LogP contribution in [0, 0.1) is 13.8 Å². The summed E-state index contributed by atoms with van der Waals surface area (Å²) < 4.78 is 38.6. The number of amides is 2. The number of carbonyl (C=O) groups excluding carboxylic acids is 2. The smallest absolute Gasteiger partial charge is 0.332 e. The fourth-order valence-electron chi connectivity index (χ4n) is 2.36. The Kier molecular flexibility index (Phi) is 5.98. The van der Waals surface area contributed by atoms with Crippen molar-refractivity contribution in [2.75, 3.05) is 18.9 Å². The summed E-state index contributed by atoms with van der Waals surface area (Å²) in [7, 11) is 1.46. The highest BCUT2D eigenvalue weighted by Gasteiger charge is 2.33. The van der Waals surface area contributed by atoms with Gasteiger partial charge in [-0.2, -0.15) is 13.2 Å². The molecule has 0 aliphatic carbocycles. The Balaban J connectivity index is 2.07. The zero-order valence-corrected chi connectivity index (χ0v) is 15.8. The Bertz CT molecular complexity index is 849. The van der Waals surface area contributed by atoms with Crippen LogP contribution in [0.15, 0.2) is 24.3 Å². The number of benzene rings is 1. The zero-order valence-electron chi connectivity index (χ0n) is 14.2. The van der Waals surface area contributed by atoms with E-state index in [2.05, 4.69) is 5.32 Å². The average Bonchev–Trinajstić information content (AvgIpc) is 2.85. The van der Waals surface area contributed by atoms with Crippen LogP contribution in [0.3, 0.4) is 0 Å². The van der Waals surface area contributed by atoms with Crippen LogP contribution in [-0.2, 0) is 11.0 Å². The first-order valence-electron chi connectivity index (χ1n) is 7.48. The number of hydrogen-bond acceptors (Lipinski definition) is 3. The number of carbonyl (C=O) groups is 2. The van der Waals surface area contributed by atoms with Crippen LogP contribution in [0.25, 0.3) is 0 Å². The van der Waals surface area contributed by atoms with Crippen molar-refractivity contribution in [1.82, 2.24) is 4.90 Å². The first-order chi connectivity index (χ1) is 12.0. The third-order valence-electron chi connectivity index (χ3n) is 3.55. The normalized spacial score (nSPS) is 11.3. The Morgan fingerprint density at radius 3 is 2.42 bits per heavy atom. The molecule has 2 aromatic rings. The van der Waals surface area contributed by atoms with Gasteiger partial charge >= 0.3 is 6.18 Å². The molecule has 26 heavy (non-hydrogen) atoms. The highest BCUT2D eigenvalue weighted by atomic mass is 35.5. The summed E-state index contributed by atoms with van der Waals surface area (Å²) in [6.45, 7) is 3.39. The second-order valence-electron chi connectivity index (χ2n) is 5.73. The van der Waals surface area contributed by atoms with Crippen LogP contribution in [0.1, 0.15) is 25.7 Å². The maximum atomic E-state index is 12.9. The number of hydrogen-bond donors (Lipinski definition) is 1. The number of halogens is 4. The molecule has 0 aliphatic heterocycles. The van der Waals surface area contributed by atoms with Crippen LogP contribution in [0.4, 0.5) is 18.9 Å². The van der Waals surface area contributed by atoms with Gasteiger partial charge in [-0.1, -0.05) is 11.6 Å². The largest absolute Gasteiger partial charge is 0.417 e. The van der Waals surface area contributed by atoms with Gasteiger partial charge in [-0.3, -0.25) is 9.59 Å². The molecule has 9 heteroatoms. The Morgan fingerprint density at radius 1 is 1.23 bits per heavy atom. The lowest BCUT2D eigenvalue weighted by molar-refractivity contribution is -0.137. The minimum atomic E-state index is -4.63. The van der Waals surface area contributed by atoms with Gasteiger partial charge in [0.15, 0.2) is 0 Å². The average molecular weight is 405 g/mol. The van der Waals surface area contributed by atoms with Gasteiger partial charge in [0.25, 0.3) is 5.91 Å². The third kappa shape index (κ3) is 4.76. The lowest BCUT2D eigenvalue weighted by Crippen LogP contribution is -2.35. The fraction of sp³-hybridized carbons (Fsp3) is 0.294. The van der Waals surface area contributed by atoms with Gasteiger partial charge in [-0.05, 0) is 38.1 Å². The maximum absolute atomic E-state index is 12.9. The minimum absolute atomic E-state index is 0.0462. The SMILES string of the molecule is Cc1cc(C(=O)N(C)CC(=O)Nc2ccc(Cl)c(C(F)(F)F)c2)c(C)s1. The molecule has 0 saturated heterocycles. The van der Waals surface area contributed by atoms with E-state index in [1.54, 1.807) is 6.07 Å². The first-order valence-corrected chi connectivity index (χ1v) is 8.67. The van der Waals surface area contributed by atoms with E-state index in [0.29, 0.717) is 5.56 Å². The van der Waals surface area contributed by atoms with E-state index in [9.17, 15) is 22.8 Å². The molecule has 0 unspecified atom stereocenters. The summed E-state index contributed by atoms with van der Waals surface area (Å²) in [4.78, 5) is 27.5. The molecule has 0 radical (unpaired) electrons. The van der Waals surface area contributed by atoms with E-state index in [1.165, 1.54) is 29.4 Å². The molecule has 2 amide bonds. The van der Waals surface area contributed by atoms with Crippen molar-refractivity contribution in [2.45, 2.75) is 20.0 Å². The summed E-state index contributed by atoms with van der Waals surface area (Å²) in [5, 5.41) is 1.90. The molecule has 0 aliphatic rings. The van der Waals surface area contributed by atoms with Gasteiger partial charge in [0.05, 0.1) is 22.7 Å². The van der Waals surface area contributed by atoms with Gasteiger partial charge < -0.3 is 10.2 Å². The van der Waals surface area contributed by atoms with E-state index in [-0.39, 0.29) is 18.1 Å². The highest BCUT2D eigenvalue weighted by molar-refractivity contribution is 7.12. The van der Waals surface area contributed by atoms with Crippen molar-refractivity contribution < 1.29 is 22.8 Å². The Hall–Kier alpha value is -2.06. The van der Waals surface area contributed by atoms with E-state index < -0.39 is 22.7 Å². The van der Waals surface area contributed by atoms with Crippen molar-refractivity contribution in [1.29, 1.82) is 0 Å². The Morgan fingerprint density at radius 2 is 1.88 bits per heavy atom. The molecule has 0 fully saturated rings. The molecule has 2 rings (SSSR count). The summed E-state index contributed by atoms with van der Waals surface area (Å²) in [6, 6.07) is 4.83. The number of nitrogens with zero attached hydrogens (tertiary/aromatic N) is 1. The van der Waals surface area contributed by atoms with Gasteiger partial charge in [-0.25, -0.2) is 0 Å². The molecule has 1 N–H and O–H groups in total.